The Morgan fingerprint density at radius 1 is 1.78 bits per heavy atom. The molecule has 1 heterocycles. The van der Waals surface area contributed by atoms with Gasteiger partial charge in [-0.2, -0.15) is 0 Å². The van der Waals surface area contributed by atoms with Crippen molar-refractivity contribution in [3.63, 3.8) is 0 Å². The van der Waals surface area contributed by atoms with Gasteiger partial charge in [0.2, 0.25) is 5.76 Å². The summed E-state index contributed by atoms with van der Waals surface area (Å²) in [4.78, 5) is 10.3. The number of carbonyl (C=O) groups is 1. The Hall–Kier alpha value is -0.960. The van der Waals surface area contributed by atoms with Gasteiger partial charge in [-0.3, -0.25) is 4.79 Å². The van der Waals surface area contributed by atoms with Crippen LogP contribution in [0.1, 0.15) is 10.6 Å². The Morgan fingerprint density at radius 3 is 2.67 bits per heavy atom. The number of nitrogens with two attached hydrogens (primary N) is 1. The topological polar surface area (TPSA) is 56.2 Å². The molecule has 2 N–H and O–H groups in total. The molecule has 1 amide bonds. The summed E-state index contributed by atoms with van der Waals surface area (Å²) >= 11 is 5.44. The van der Waals surface area contributed by atoms with E-state index in [1.54, 1.807) is 0 Å². The van der Waals surface area contributed by atoms with Gasteiger partial charge < -0.3 is 10.2 Å². The number of rotatable bonds is 1. The molecule has 9 heavy (non-hydrogen) atoms. The smallest absolute Gasteiger partial charge is 0.285 e. The number of halogens is 1. The summed E-state index contributed by atoms with van der Waals surface area (Å²) in [5.74, 6) is -0.637. The van der Waals surface area contributed by atoms with Crippen LogP contribution in [-0.4, -0.2) is 5.91 Å². The minimum atomic E-state index is -0.648. The highest BCUT2D eigenvalue weighted by Gasteiger charge is 2.08. The third-order valence-electron chi connectivity index (χ3n) is 0.841. The fourth-order valence-corrected chi connectivity index (χ4v) is 0.659. The molecular formula is C5H4ClNO2. The lowest BCUT2D eigenvalue weighted by molar-refractivity contribution is 0.0974. The summed E-state index contributed by atoms with van der Waals surface area (Å²) in [6, 6.07) is 1.46. The van der Waals surface area contributed by atoms with Crippen molar-refractivity contribution in [2.75, 3.05) is 0 Å². The number of hydrogen-bond donors (Lipinski definition) is 1. The Bertz CT molecular complexity index is 231. The van der Waals surface area contributed by atoms with Crippen molar-refractivity contribution < 1.29 is 9.21 Å². The van der Waals surface area contributed by atoms with Gasteiger partial charge in [-0.25, -0.2) is 0 Å². The highest BCUT2D eigenvalue weighted by atomic mass is 35.5. The van der Waals surface area contributed by atoms with Crippen LogP contribution in [0.3, 0.4) is 0 Å². The lowest BCUT2D eigenvalue weighted by atomic mass is 10.4. The number of amides is 1. The first-order chi connectivity index (χ1) is 4.22. The Kier molecular flexibility index (Phi) is 1.44. The van der Waals surface area contributed by atoms with Crippen LogP contribution in [0.4, 0.5) is 0 Å². The Morgan fingerprint density at radius 2 is 2.44 bits per heavy atom. The van der Waals surface area contributed by atoms with E-state index in [-0.39, 0.29) is 10.8 Å². The van der Waals surface area contributed by atoms with Crippen LogP contribution in [0.25, 0.3) is 0 Å². The largest absolute Gasteiger partial charge is 0.458 e. The van der Waals surface area contributed by atoms with Crippen LogP contribution in [0, 0.1) is 0 Å². The summed E-state index contributed by atoms with van der Waals surface area (Å²) in [5, 5.41) is 0.252. The molecule has 1 aromatic rings. The second kappa shape index (κ2) is 2.11. The molecule has 0 saturated carbocycles. The molecule has 0 spiro atoms. The molecule has 0 atom stereocenters. The fourth-order valence-electron chi connectivity index (χ4n) is 0.470. The summed E-state index contributed by atoms with van der Waals surface area (Å²) in [7, 11) is 0. The zero-order chi connectivity index (χ0) is 6.85. The number of hydrogen-bond acceptors (Lipinski definition) is 2. The number of carbonyl (C=O) groups excluding carboxylic acids is 1. The summed E-state index contributed by atoms with van der Waals surface area (Å²) in [5.41, 5.74) is 4.84. The highest BCUT2D eigenvalue weighted by Crippen LogP contribution is 2.14. The number of furan rings is 1. The van der Waals surface area contributed by atoms with Gasteiger partial charge in [-0.15, -0.1) is 0 Å². The van der Waals surface area contributed by atoms with Gasteiger partial charge in [0.25, 0.3) is 5.91 Å². The molecule has 1 rings (SSSR count). The molecule has 0 fully saturated rings. The number of primary amides is 1. The molecular weight excluding hydrogens is 142 g/mol. The van der Waals surface area contributed by atoms with E-state index in [1.807, 2.05) is 0 Å². The minimum Gasteiger partial charge on any atom is -0.458 e. The zero-order valence-electron chi connectivity index (χ0n) is 4.43. The minimum absolute atomic E-state index is 0.0108. The fraction of sp³-hybridized carbons (Fsp3) is 0. The zero-order valence-corrected chi connectivity index (χ0v) is 5.18. The molecule has 0 aromatic carbocycles. The quantitative estimate of drug-likeness (QED) is 0.642. The van der Waals surface area contributed by atoms with Crippen LogP contribution in [0.15, 0.2) is 16.7 Å². The maximum absolute atomic E-state index is 10.3. The van der Waals surface area contributed by atoms with Gasteiger partial charge in [0.15, 0.2) is 0 Å². The van der Waals surface area contributed by atoms with Crippen LogP contribution in [-0.2, 0) is 0 Å². The van der Waals surface area contributed by atoms with E-state index in [0.717, 1.165) is 0 Å². The Labute approximate surface area is 56.4 Å². The summed E-state index contributed by atoms with van der Waals surface area (Å²) in [6.07, 6.45) is 1.31. The van der Waals surface area contributed by atoms with Gasteiger partial charge in [0.1, 0.15) is 0 Å². The van der Waals surface area contributed by atoms with E-state index in [9.17, 15) is 4.79 Å². The highest BCUT2D eigenvalue weighted by molar-refractivity contribution is 6.33. The van der Waals surface area contributed by atoms with Gasteiger partial charge >= 0.3 is 0 Å². The van der Waals surface area contributed by atoms with Crippen LogP contribution < -0.4 is 5.73 Å². The van der Waals surface area contributed by atoms with Crippen molar-refractivity contribution in [3.8, 4) is 0 Å². The van der Waals surface area contributed by atoms with Crippen LogP contribution in [0.2, 0.25) is 5.02 Å². The third-order valence-corrected chi connectivity index (χ3v) is 1.14. The van der Waals surface area contributed by atoms with Crippen molar-refractivity contribution >= 4 is 17.5 Å². The van der Waals surface area contributed by atoms with Gasteiger partial charge in [0.05, 0.1) is 11.3 Å². The maximum atomic E-state index is 10.3. The Balaban J connectivity index is 3.08. The van der Waals surface area contributed by atoms with E-state index in [1.165, 1.54) is 12.3 Å². The van der Waals surface area contributed by atoms with Crippen molar-refractivity contribution in [3.05, 3.63) is 23.1 Å². The molecule has 0 radical (unpaired) electrons. The first kappa shape index (κ1) is 6.16. The molecule has 1 aromatic heterocycles. The van der Waals surface area contributed by atoms with E-state index in [4.69, 9.17) is 17.3 Å². The SMILES string of the molecule is NC(=O)c1occc1Cl. The first-order valence-electron chi connectivity index (χ1n) is 2.24. The van der Waals surface area contributed by atoms with Gasteiger partial charge in [0, 0.05) is 0 Å². The van der Waals surface area contributed by atoms with Gasteiger partial charge in [-0.05, 0) is 6.07 Å². The normalized spacial score (nSPS) is 9.44. The standard InChI is InChI=1S/C5H4ClNO2/c6-3-1-2-9-4(3)5(7)8/h1-2H,(H2,7,8). The van der Waals surface area contributed by atoms with Gasteiger partial charge in [-0.1, -0.05) is 11.6 Å². The average Bonchev–Trinajstić information content (AvgIpc) is 2.13. The van der Waals surface area contributed by atoms with Crippen molar-refractivity contribution in [2.45, 2.75) is 0 Å². The van der Waals surface area contributed by atoms with E-state index in [0.29, 0.717) is 0 Å². The molecule has 0 bridgehead atoms. The average molecular weight is 146 g/mol. The van der Waals surface area contributed by atoms with E-state index >= 15 is 0 Å². The predicted molar refractivity (Wildman–Crippen MR) is 32.2 cm³/mol. The lowest BCUT2D eigenvalue weighted by Gasteiger charge is -1.84. The monoisotopic (exact) mass is 145 g/mol. The predicted octanol–water partition coefficient (Wildman–Crippen LogP) is 1.03. The lowest BCUT2D eigenvalue weighted by Crippen LogP contribution is -2.09. The summed E-state index contributed by atoms with van der Waals surface area (Å²) < 4.78 is 4.62. The van der Waals surface area contributed by atoms with Crippen molar-refractivity contribution in [2.24, 2.45) is 5.73 Å². The first-order valence-corrected chi connectivity index (χ1v) is 2.62. The van der Waals surface area contributed by atoms with Crippen molar-refractivity contribution in [1.82, 2.24) is 0 Å². The second-order valence-electron chi connectivity index (χ2n) is 1.46. The molecule has 48 valence electrons. The molecule has 0 aliphatic carbocycles. The molecule has 0 unspecified atom stereocenters. The van der Waals surface area contributed by atoms with Crippen LogP contribution in [0.5, 0.6) is 0 Å². The molecule has 0 aliphatic rings. The molecule has 0 saturated heterocycles. The molecule has 0 aliphatic heterocycles. The molecule has 4 heteroatoms. The van der Waals surface area contributed by atoms with E-state index < -0.39 is 5.91 Å². The van der Waals surface area contributed by atoms with Crippen molar-refractivity contribution in [1.29, 1.82) is 0 Å². The maximum Gasteiger partial charge on any atom is 0.285 e. The summed E-state index contributed by atoms with van der Waals surface area (Å²) in [6.45, 7) is 0. The third kappa shape index (κ3) is 1.05. The van der Waals surface area contributed by atoms with E-state index in [2.05, 4.69) is 4.42 Å². The molecule has 3 nitrogen and oxygen atoms in total. The van der Waals surface area contributed by atoms with Crippen LogP contribution >= 0.6 is 11.6 Å². The second-order valence-corrected chi connectivity index (χ2v) is 1.87.